The lowest BCUT2D eigenvalue weighted by Crippen LogP contribution is -2.56. The van der Waals surface area contributed by atoms with Crippen LogP contribution in [0.15, 0.2) is 0 Å². The van der Waals surface area contributed by atoms with Gasteiger partial charge in [0.1, 0.15) is 0 Å². The molecule has 1 amide bonds. The van der Waals surface area contributed by atoms with Crippen molar-refractivity contribution in [2.24, 2.45) is 11.1 Å². The Kier molecular flexibility index (Phi) is 5.42. The maximum absolute atomic E-state index is 12.0. The van der Waals surface area contributed by atoms with Gasteiger partial charge >= 0.3 is 0 Å². The molecule has 0 fully saturated rings. The zero-order valence-electron chi connectivity index (χ0n) is 11.4. The Morgan fingerprint density at radius 3 is 2.25 bits per heavy atom. The van der Waals surface area contributed by atoms with Crippen LogP contribution in [0.3, 0.4) is 0 Å². The maximum atomic E-state index is 12.0. The number of carbonyl (C=O) groups excluding carboxylic acids is 1. The molecule has 0 aromatic carbocycles. The summed E-state index contributed by atoms with van der Waals surface area (Å²) >= 11 is 0. The molecular weight excluding hydrogens is 204 g/mol. The summed E-state index contributed by atoms with van der Waals surface area (Å²) in [5, 5.41) is 2.87. The summed E-state index contributed by atoms with van der Waals surface area (Å²) < 4.78 is 5.34. The second-order valence-electron chi connectivity index (χ2n) is 5.32. The molecule has 0 aliphatic rings. The number of rotatable bonds is 6. The SMILES string of the molecule is CCOC(C)CNC(=O)C(C)(C)C(C)(C)N. The van der Waals surface area contributed by atoms with E-state index in [4.69, 9.17) is 10.5 Å². The van der Waals surface area contributed by atoms with Crippen LogP contribution in [0.2, 0.25) is 0 Å². The fraction of sp³-hybridized carbons (Fsp3) is 0.917. The highest BCUT2D eigenvalue weighted by atomic mass is 16.5. The fourth-order valence-corrected chi connectivity index (χ4v) is 1.09. The van der Waals surface area contributed by atoms with Crippen molar-refractivity contribution in [3.05, 3.63) is 0 Å². The minimum absolute atomic E-state index is 0.0330. The molecule has 0 saturated heterocycles. The fourth-order valence-electron chi connectivity index (χ4n) is 1.09. The molecule has 0 bridgehead atoms. The van der Waals surface area contributed by atoms with Gasteiger partial charge in [-0.05, 0) is 41.5 Å². The van der Waals surface area contributed by atoms with Crippen LogP contribution < -0.4 is 11.1 Å². The van der Waals surface area contributed by atoms with Gasteiger partial charge in [-0.2, -0.15) is 0 Å². The molecule has 1 atom stereocenters. The summed E-state index contributed by atoms with van der Waals surface area (Å²) in [5.41, 5.74) is 4.84. The summed E-state index contributed by atoms with van der Waals surface area (Å²) in [6.45, 7) is 12.5. The van der Waals surface area contributed by atoms with E-state index in [1.807, 2.05) is 41.5 Å². The third kappa shape index (κ3) is 4.10. The van der Waals surface area contributed by atoms with E-state index in [-0.39, 0.29) is 12.0 Å². The summed E-state index contributed by atoms with van der Waals surface area (Å²) in [5.74, 6) is -0.0356. The molecule has 0 heterocycles. The molecule has 0 aliphatic heterocycles. The van der Waals surface area contributed by atoms with Gasteiger partial charge in [0.15, 0.2) is 0 Å². The third-order valence-corrected chi connectivity index (χ3v) is 3.18. The Hall–Kier alpha value is -0.610. The number of hydrogen-bond acceptors (Lipinski definition) is 3. The molecule has 4 nitrogen and oxygen atoms in total. The minimum Gasteiger partial charge on any atom is -0.377 e. The van der Waals surface area contributed by atoms with Crippen LogP contribution in [0.25, 0.3) is 0 Å². The monoisotopic (exact) mass is 230 g/mol. The molecule has 96 valence electrons. The Balaban J connectivity index is 4.27. The normalized spacial score (nSPS) is 14.7. The molecular formula is C12H26N2O2. The standard InChI is InChI=1S/C12H26N2O2/c1-7-16-9(2)8-14-10(15)11(3,4)12(5,6)13/h9H,7-8,13H2,1-6H3,(H,14,15). The van der Waals surface area contributed by atoms with Crippen molar-refractivity contribution < 1.29 is 9.53 Å². The van der Waals surface area contributed by atoms with Crippen molar-refractivity contribution in [2.75, 3.05) is 13.2 Å². The zero-order chi connectivity index (χ0) is 13.0. The Bertz CT molecular complexity index is 232. The summed E-state index contributed by atoms with van der Waals surface area (Å²) in [4.78, 5) is 12.0. The second kappa shape index (κ2) is 5.64. The molecule has 16 heavy (non-hydrogen) atoms. The van der Waals surface area contributed by atoms with Crippen molar-refractivity contribution in [2.45, 2.75) is 53.2 Å². The molecule has 1 unspecified atom stereocenters. The van der Waals surface area contributed by atoms with E-state index in [0.29, 0.717) is 13.2 Å². The van der Waals surface area contributed by atoms with E-state index < -0.39 is 11.0 Å². The molecule has 0 aliphatic carbocycles. The largest absolute Gasteiger partial charge is 0.377 e. The third-order valence-electron chi connectivity index (χ3n) is 3.18. The number of ether oxygens (including phenoxy) is 1. The first-order valence-electron chi connectivity index (χ1n) is 5.81. The first-order chi connectivity index (χ1) is 7.13. The van der Waals surface area contributed by atoms with E-state index in [9.17, 15) is 4.79 Å². The molecule has 4 heteroatoms. The van der Waals surface area contributed by atoms with Crippen LogP contribution in [-0.4, -0.2) is 30.7 Å². The van der Waals surface area contributed by atoms with Gasteiger partial charge in [-0.3, -0.25) is 4.79 Å². The second-order valence-corrected chi connectivity index (χ2v) is 5.32. The van der Waals surface area contributed by atoms with Crippen LogP contribution in [-0.2, 0) is 9.53 Å². The number of nitrogens with one attached hydrogen (secondary N) is 1. The van der Waals surface area contributed by atoms with Crippen molar-refractivity contribution in [1.29, 1.82) is 0 Å². The van der Waals surface area contributed by atoms with E-state index in [1.54, 1.807) is 0 Å². The van der Waals surface area contributed by atoms with Crippen LogP contribution in [0.5, 0.6) is 0 Å². The van der Waals surface area contributed by atoms with Gasteiger partial charge in [0.25, 0.3) is 0 Å². The Morgan fingerprint density at radius 1 is 1.38 bits per heavy atom. The van der Waals surface area contributed by atoms with Crippen molar-refractivity contribution in [1.82, 2.24) is 5.32 Å². The zero-order valence-corrected chi connectivity index (χ0v) is 11.4. The van der Waals surface area contributed by atoms with Crippen molar-refractivity contribution in [3.8, 4) is 0 Å². The summed E-state index contributed by atoms with van der Waals surface area (Å²) in [7, 11) is 0. The van der Waals surface area contributed by atoms with Crippen molar-refractivity contribution >= 4 is 5.91 Å². The molecule has 0 spiro atoms. The first kappa shape index (κ1) is 15.4. The molecule has 0 rings (SSSR count). The highest BCUT2D eigenvalue weighted by molar-refractivity contribution is 5.83. The van der Waals surface area contributed by atoms with Crippen LogP contribution in [0.1, 0.15) is 41.5 Å². The summed E-state index contributed by atoms with van der Waals surface area (Å²) in [6.07, 6.45) is 0.0330. The lowest BCUT2D eigenvalue weighted by atomic mass is 9.74. The quantitative estimate of drug-likeness (QED) is 0.722. The molecule has 0 aromatic heterocycles. The highest BCUT2D eigenvalue weighted by Crippen LogP contribution is 2.28. The van der Waals surface area contributed by atoms with Crippen LogP contribution in [0, 0.1) is 5.41 Å². The Morgan fingerprint density at radius 2 is 1.88 bits per heavy atom. The van der Waals surface area contributed by atoms with E-state index in [1.165, 1.54) is 0 Å². The van der Waals surface area contributed by atoms with Gasteiger partial charge in [0, 0.05) is 18.7 Å². The van der Waals surface area contributed by atoms with E-state index in [0.717, 1.165) is 0 Å². The number of carbonyl (C=O) groups is 1. The minimum atomic E-state index is -0.598. The summed E-state index contributed by atoms with van der Waals surface area (Å²) in [6, 6.07) is 0. The van der Waals surface area contributed by atoms with Gasteiger partial charge in [-0.1, -0.05) is 0 Å². The average molecular weight is 230 g/mol. The van der Waals surface area contributed by atoms with Gasteiger partial charge in [-0.15, -0.1) is 0 Å². The smallest absolute Gasteiger partial charge is 0.227 e. The maximum Gasteiger partial charge on any atom is 0.227 e. The van der Waals surface area contributed by atoms with Gasteiger partial charge < -0.3 is 15.8 Å². The molecule has 0 aromatic rings. The first-order valence-corrected chi connectivity index (χ1v) is 5.81. The number of nitrogens with two attached hydrogens (primary N) is 1. The predicted molar refractivity (Wildman–Crippen MR) is 66.1 cm³/mol. The average Bonchev–Trinajstić information content (AvgIpc) is 2.12. The van der Waals surface area contributed by atoms with Crippen LogP contribution in [0.4, 0.5) is 0 Å². The molecule has 0 radical (unpaired) electrons. The molecule has 3 N–H and O–H groups in total. The van der Waals surface area contributed by atoms with Gasteiger partial charge in [0.05, 0.1) is 11.5 Å². The van der Waals surface area contributed by atoms with Crippen LogP contribution >= 0.6 is 0 Å². The van der Waals surface area contributed by atoms with E-state index in [2.05, 4.69) is 5.32 Å². The van der Waals surface area contributed by atoms with Gasteiger partial charge in [-0.25, -0.2) is 0 Å². The highest BCUT2D eigenvalue weighted by Gasteiger charge is 2.40. The Labute approximate surface area is 98.9 Å². The predicted octanol–water partition coefficient (Wildman–Crippen LogP) is 1.29. The van der Waals surface area contributed by atoms with E-state index >= 15 is 0 Å². The number of hydrogen-bond donors (Lipinski definition) is 2. The topological polar surface area (TPSA) is 64.3 Å². The lowest BCUT2D eigenvalue weighted by Gasteiger charge is -2.37. The van der Waals surface area contributed by atoms with Crippen molar-refractivity contribution in [3.63, 3.8) is 0 Å². The van der Waals surface area contributed by atoms with Gasteiger partial charge in [0.2, 0.25) is 5.91 Å². The molecule has 0 saturated carbocycles. The number of amides is 1. The lowest BCUT2D eigenvalue weighted by molar-refractivity contribution is -0.132.